The highest BCUT2D eigenvalue weighted by Crippen LogP contribution is 2.24. The van der Waals surface area contributed by atoms with Crippen LogP contribution in [0, 0.1) is 0 Å². The van der Waals surface area contributed by atoms with Gasteiger partial charge in [-0.15, -0.1) is 11.8 Å². The van der Waals surface area contributed by atoms with Crippen LogP contribution in [0.5, 0.6) is 0 Å². The summed E-state index contributed by atoms with van der Waals surface area (Å²) in [4.78, 5) is 3.99. The molecule has 4 N–H and O–H groups in total. The molecule has 0 amide bonds. The Kier molecular flexibility index (Phi) is 4.47. The molecular formula is C8H11ClN2O2S. The predicted octanol–water partition coefficient (Wildman–Crippen LogP) is 0.762. The topological polar surface area (TPSA) is 79.4 Å². The van der Waals surface area contributed by atoms with Crippen LogP contribution in [0.15, 0.2) is 17.2 Å². The molecule has 0 aliphatic rings. The van der Waals surface area contributed by atoms with Crippen LogP contribution in [0.1, 0.15) is 0 Å². The van der Waals surface area contributed by atoms with Crippen molar-refractivity contribution in [2.24, 2.45) is 0 Å². The maximum absolute atomic E-state index is 9.11. The lowest BCUT2D eigenvalue weighted by atomic mass is 10.4. The number of hydrogen-bond acceptors (Lipinski definition) is 5. The first-order valence-corrected chi connectivity index (χ1v) is 5.33. The van der Waals surface area contributed by atoms with Gasteiger partial charge in [-0.05, 0) is 12.1 Å². The highest BCUT2D eigenvalue weighted by Gasteiger charge is 2.07. The van der Waals surface area contributed by atoms with Crippen LogP contribution < -0.4 is 5.73 Å². The number of nitrogens with zero attached hydrogens (tertiary/aromatic N) is 1. The van der Waals surface area contributed by atoms with Gasteiger partial charge in [-0.2, -0.15) is 0 Å². The minimum absolute atomic E-state index is 0.270. The van der Waals surface area contributed by atoms with Crippen LogP contribution in [-0.4, -0.2) is 33.7 Å². The lowest BCUT2D eigenvalue weighted by Gasteiger charge is -2.07. The van der Waals surface area contributed by atoms with Gasteiger partial charge in [0.15, 0.2) is 0 Å². The summed E-state index contributed by atoms with van der Waals surface area (Å²) in [6.45, 7) is -0.270. The molecule has 0 saturated heterocycles. The SMILES string of the molecule is Nc1ccc(Cl)nc1SCC(O)CO. The Balaban J connectivity index is 2.62. The Hall–Kier alpha value is -0.490. The van der Waals surface area contributed by atoms with Gasteiger partial charge in [0.05, 0.1) is 18.4 Å². The molecule has 0 saturated carbocycles. The Morgan fingerprint density at radius 1 is 1.57 bits per heavy atom. The van der Waals surface area contributed by atoms with E-state index in [1.54, 1.807) is 12.1 Å². The lowest BCUT2D eigenvalue weighted by molar-refractivity contribution is 0.113. The largest absolute Gasteiger partial charge is 0.397 e. The highest BCUT2D eigenvalue weighted by atomic mass is 35.5. The van der Waals surface area contributed by atoms with Crippen molar-refractivity contribution in [3.8, 4) is 0 Å². The average Bonchev–Trinajstić information content (AvgIpc) is 2.19. The van der Waals surface area contributed by atoms with Gasteiger partial charge in [0, 0.05) is 5.75 Å². The van der Waals surface area contributed by atoms with Crippen LogP contribution in [-0.2, 0) is 0 Å². The molecule has 1 atom stereocenters. The van der Waals surface area contributed by atoms with Gasteiger partial charge >= 0.3 is 0 Å². The number of nitrogens with two attached hydrogens (primary N) is 1. The smallest absolute Gasteiger partial charge is 0.130 e. The van der Waals surface area contributed by atoms with Gasteiger partial charge in [0.2, 0.25) is 0 Å². The standard InChI is InChI=1S/C8H11ClN2O2S/c9-7-2-1-6(10)8(11-7)14-4-5(13)3-12/h1-2,5,12-13H,3-4,10H2. The summed E-state index contributed by atoms with van der Waals surface area (Å²) < 4.78 is 0. The Morgan fingerprint density at radius 2 is 2.29 bits per heavy atom. The molecule has 0 spiro atoms. The maximum atomic E-state index is 9.11. The van der Waals surface area contributed by atoms with Crippen molar-refractivity contribution in [1.82, 2.24) is 4.98 Å². The van der Waals surface area contributed by atoms with Crippen LogP contribution in [0.4, 0.5) is 5.69 Å². The van der Waals surface area contributed by atoms with E-state index >= 15 is 0 Å². The molecule has 1 aromatic rings. The molecule has 6 heteroatoms. The number of aliphatic hydroxyl groups is 2. The number of rotatable bonds is 4. The number of thioether (sulfide) groups is 1. The first kappa shape index (κ1) is 11.6. The molecule has 0 fully saturated rings. The van der Waals surface area contributed by atoms with E-state index in [0.29, 0.717) is 21.6 Å². The number of aromatic nitrogens is 1. The van der Waals surface area contributed by atoms with E-state index in [1.807, 2.05) is 0 Å². The Morgan fingerprint density at radius 3 is 2.93 bits per heavy atom. The molecule has 78 valence electrons. The fourth-order valence-electron chi connectivity index (χ4n) is 0.772. The summed E-state index contributed by atoms with van der Waals surface area (Å²) >= 11 is 6.94. The van der Waals surface area contributed by atoms with E-state index in [9.17, 15) is 0 Å². The van der Waals surface area contributed by atoms with Crippen LogP contribution in [0.2, 0.25) is 5.15 Å². The summed E-state index contributed by atoms with van der Waals surface area (Å²) in [5.41, 5.74) is 6.15. The molecule has 14 heavy (non-hydrogen) atoms. The molecule has 1 rings (SSSR count). The number of pyridine rings is 1. The third-order valence-corrected chi connectivity index (χ3v) is 2.84. The molecule has 0 aliphatic heterocycles. The third-order valence-electron chi connectivity index (χ3n) is 1.48. The van der Waals surface area contributed by atoms with Crippen LogP contribution >= 0.6 is 23.4 Å². The minimum Gasteiger partial charge on any atom is -0.397 e. The van der Waals surface area contributed by atoms with E-state index in [0.717, 1.165) is 0 Å². The molecule has 1 unspecified atom stereocenters. The zero-order chi connectivity index (χ0) is 10.6. The Labute approximate surface area is 91.1 Å². The van der Waals surface area contributed by atoms with E-state index in [1.165, 1.54) is 11.8 Å². The second-order valence-electron chi connectivity index (χ2n) is 2.68. The van der Waals surface area contributed by atoms with Gasteiger partial charge < -0.3 is 15.9 Å². The molecule has 0 bridgehead atoms. The quantitative estimate of drug-likeness (QED) is 0.530. The minimum atomic E-state index is -0.764. The van der Waals surface area contributed by atoms with Gasteiger partial charge in [0.1, 0.15) is 10.2 Å². The molecule has 0 aliphatic carbocycles. The van der Waals surface area contributed by atoms with Gasteiger partial charge in [-0.1, -0.05) is 11.6 Å². The van der Waals surface area contributed by atoms with Gasteiger partial charge in [-0.3, -0.25) is 0 Å². The van der Waals surface area contributed by atoms with E-state index in [2.05, 4.69) is 4.98 Å². The summed E-state index contributed by atoms with van der Waals surface area (Å²) in [5, 5.41) is 18.6. The maximum Gasteiger partial charge on any atom is 0.130 e. The molecular weight excluding hydrogens is 224 g/mol. The fourth-order valence-corrected chi connectivity index (χ4v) is 1.82. The highest BCUT2D eigenvalue weighted by molar-refractivity contribution is 7.99. The molecule has 0 radical (unpaired) electrons. The van der Waals surface area contributed by atoms with Crippen LogP contribution in [0.3, 0.4) is 0 Å². The van der Waals surface area contributed by atoms with E-state index in [4.69, 9.17) is 27.5 Å². The fraction of sp³-hybridized carbons (Fsp3) is 0.375. The van der Waals surface area contributed by atoms with Crippen molar-refractivity contribution in [2.75, 3.05) is 18.1 Å². The first-order valence-electron chi connectivity index (χ1n) is 3.97. The first-order chi connectivity index (χ1) is 6.63. The van der Waals surface area contributed by atoms with Crippen LogP contribution in [0.25, 0.3) is 0 Å². The zero-order valence-corrected chi connectivity index (χ0v) is 8.92. The zero-order valence-electron chi connectivity index (χ0n) is 7.35. The van der Waals surface area contributed by atoms with Crippen molar-refractivity contribution in [2.45, 2.75) is 11.1 Å². The second-order valence-corrected chi connectivity index (χ2v) is 4.07. The molecule has 0 aromatic carbocycles. The van der Waals surface area contributed by atoms with Gasteiger partial charge in [-0.25, -0.2) is 4.98 Å². The summed E-state index contributed by atoms with van der Waals surface area (Å²) in [6, 6.07) is 3.26. The summed E-state index contributed by atoms with van der Waals surface area (Å²) in [5.74, 6) is 0.341. The monoisotopic (exact) mass is 234 g/mol. The predicted molar refractivity (Wildman–Crippen MR) is 57.5 cm³/mol. The second kappa shape index (κ2) is 5.41. The normalized spacial score (nSPS) is 12.8. The average molecular weight is 235 g/mol. The number of nitrogen functional groups attached to an aromatic ring is 1. The van der Waals surface area contributed by atoms with Crippen molar-refractivity contribution in [3.05, 3.63) is 17.3 Å². The van der Waals surface area contributed by atoms with E-state index < -0.39 is 6.10 Å². The number of hydrogen-bond donors (Lipinski definition) is 3. The summed E-state index contributed by atoms with van der Waals surface area (Å²) in [7, 11) is 0. The van der Waals surface area contributed by atoms with Crippen molar-refractivity contribution < 1.29 is 10.2 Å². The molecule has 1 heterocycles. The number of aliphatic hydroxyl groups excluding tert-OH is 2. The van der Waals surface area contributed by atoms with Gasteiger partial charge in [0.25, 0.3) is 0 Å². The number of halogens is 1. The molecule has 1 aromatic heterocycles. The van der Waals surface area contributed by atoms with Crippen molar-refractivity contribution in [3.63, 3.8) is 0 Å². The lowest BCUT2D eigenvalue weighted by Crippen LogP contribution is -2.14. The van der Waals surface area contributed by atoms with Crippen molar-refractivity contribution >= 4 is 29.1 Å². The number of anilines is 1. The van der Waals surface area contributed by atoms with Crippen molar-refractivity contribution in [1.29, 1.82) is 0 Å². The summed E-state index contributed by atoms with van der Waals surface area (Å²) in [6.07, 6.45) is -0.764. The van der Waals surface area contributed by atoms with E-state index in [-0.39, 0.29) is 6.61 Å². The Bertz CT molecular complexity index is 311. The molecule has 4 nitrogen and oxygen atoms in total. The third kappa shape index (κ3) is 3.34.